The van der Waals surface area contributed by atoms with Crippen molar-refractivity contribution in [2.45, 2.75) is 39.5 Å². The summed E-state index contributed by atoms with van der Waals surface area (Å²) in [5.74, 6) is 0.946. The van der Waals surface area contributed by atoms with Gasteiger partial charge in [0.25, 0.3) is 5.91 Å². The van der Waals surface area contributed by atoms with Crippen LogP contribution < -0.4 is 9.47 Å². The van der Waals surface area contributed by atoms with Crippen LogP contribution in [0.4, 0.5) is 0 Å². The Kier molecular flexibility index (Phi) is 8.46. The molecule has 1 aliphatic rings. The van der Waals surface area contributed by atoms with Crippen LogP contribution >= 0.6 is 0 Å². The molecule has 1 aromatic heterocycles. The molecule has 2 heterocycles. The van der Waals surface area contributed by atoms with Crippen molar-refractivity contribution in [2.75, 3.05) is 33.9 Å². The van der Waals surface area contributed by atoms with E-state index in [0.29, 0.717) is 24.5 Å². The Morgan fingerprint density at radius 2 is 1.95 bits per heavy atom. The van der Waals surface area contributed by atoms with Crippen molar-refractivity contribution >= 4 is 5.91 Å². The highest BCUT2D eigenvalue weighted by atomic mass is 16.5. The van der Waals surface area contributed by atoms with Gasteiger partial charge in [-0.1, -0.05) is 48.9 Å². The highest BCUT2D eigenvalue weighted by Crippen LogP contribution is 2.31. The van der Waals surface area contributed by atoms with E-state index < -0.39 is 0 Å². The van der Waals surface area contributed by atoms with Gasteiger partial charge in [0, 0.05) is 37.3 Å². The predicted molar refractivity (Wildman–Crippen MR) is 145 cm³/mol. The number of carbonyl (C=O) groups is 1. The summed E-state index contributed by atoms with van der Waals surface area (Å²) in [7, 11) is 3.71. The molecule has 196 valence electrons. The summed E-state index contributed by atoms with van der Waals surface area (Å²) in [6.45, 7) is 7.89. The second-order valence-electron chi connectivity index (χ2n) is 10.1. The summed E-state index contributed by atoms with van der Waals surface area (Å²) in [5, 5.41) is 9.92. The zero-order valence-corrected chi connectivity index (χ0v) is 22.3. The van der Waals surface area contributed by atoms with Crippen LogP contribution in [0, 0.1) is 12.8 Å². The van der Waals surface area contributed by atoms with Gasteiger partial charge in [-0.2, -0.15) is 0 Å². The van der Waals surface area contributed by atoms with Gasteiger partial charge in [-0.15, -0.1) is 0 Å². The standard InChI is InChI=1S/C30H37N3O4/c1-20-7-6-8-23(13-20)17-32(4)18-28-21(2)16-33(22(3)19-34)30(35)27-14-25(15-31-29(27)37-28)24-9-11-26(36-5)12-10-24/h6-15,21-22,28,34H,16-19H2,1-5H3/t21-,22+,28-/m0/s1. The maximum Gasteiger partial charge on any atom is 0.259 e. The van der Waals surface area contributed by atoms with Crippen LogP contribution in [0.2, 0.25) is 0 Å². The smallest absolute Gasteiger partial charge is 0.259 e. The number of likely N-dealkylation sites (N-methyl/N-ethyl adjacent to an activating group) is 1. The lowest BCUT2D eigenvalue weighted by Gasteiger charge is -2.37. The summed E-state index contributed by atoms with van der Waals surface area (Å²) in [4.78, 5) is 22.3. The molecule has 0 saturated carbocycles. The number of aliphatic hydroxyl groups is 1. The molecule has 1 N–H and O–H groups in total. The highest BCUT2D eigenvalue weighted by molar-refractivity contribution is 5.98. The minimum atomic E-state index is -0.323. The molecular weight excluding hydrogens is 466 g/mol. The molecule has 0 spiro atoms. The Hall–Kier alpha value is -3.42. The third kappa shape index (κ3) is 6.29. The van der Waals surface area contributed by atoms with E-state index in [4.69, 9.17) is 9.47 Å². The first kappa shape index (κ1) is 26.6. The third-order valence-corrected chi connectivity index (χ3v) is 6.97. The normalized spacial score (nSPS) is 18.6. The average molecular weight is 504 g/mol. The number of carbonyl (C=O) groups excluding carboxylic acids is 1. The summed E-state index contributed by atoms with van der Waals surface area (Å²) in [5.41, 5.74) is 4.63. The molecule has 37 heavy (non-hydrogen) atoms. The highest BCUT2D eigenvalue weighted by Gasteiger charge is 2.34. The van der Waals surface area contributed by atoms with E-state index in [2.05, 4.69) is 55.0 Å². The fourth-order valence-corrected chi connectivity index (χ4v) is 4.76. The second-order valence-corrected chi connectivity index (χ2v) is 10.1. The number of amides is 1. The van der Waals surface area contributed by atoms with Crippen molar-refractivity contribution in [3.63, 3.8) is 0 Å². The summed E-state index contributed by atoms with van der Waals surface area (Å²) < 4.78 is 11.7. The summed E-state index contributed by atoms with van der Waals surface area (Å²) in [6, 6.07) is 17.7. The molecule has 4 rings (SSSR count). The molecule has 0 unspecified atom stereocenters. The first-order chi connectivity index (χ1) is 17.8. The van der Waals surface area contributed by atoms with Crippen molar-refractivity contribution in [3.05, 3.63) is 77.5 Å². The molecule has 0 fully saturated rings. The lowest BCUT2D eigenvalue weighted by Crippen LogP contribution is -2.49. The van der Waals surface area contributed by atoms with Gasteiger partial charge in [0.1, 0.15) is 17.4 Å². The number of hydrogen-bond acceptors (Lipinski definition) is 6. The van der Waals surface area contributed by atoms with Crippen molar-refractivity contribution in [3.8, 4) is 22.8 Å². The molecule has 1 amide bonds. The molecule has 3 aromatic rings. The number of pyridine rings is 1. The minimum absolute atomic E-state index is 0.0362. The molecule has 1 aliphatic heterocycles. The topological polar surface area (TPSA) is 75.1 Å². The van der Waals surface area contributed by atoms with Crippen LogP contribution in [-0.2, 0) is 6.54 Å². The zero-order valence-electron chi connectivity index (χ0n) is 22.3. The van der Waals surface area contributed by atoms with E-state index in [9.17, 15) is 9.90 Å². The Balaban J connectivity index is 1.64. The van der Waals surface area contributed by atoms with Crippen molar-refractivity contribution < 1.29 is 19.4 Å². The number of fused-ring (bicyclic) bond motifs is 1. The molecule has 0 saturated heterocycles. The Labute approximate surface area is 219 Å². The van der Waals surface area contributed by atoms with Gasteiger partial charge in [-0.25, -0.2) is 4.98 Å². The molecule has 3 atom stereocenters. The Morgan fingerprint density at radius 3 is 2.62 bits per heavy atom. The predicted octanol–water partition coefficient (Wildman–Crippen LogP) is 4.42. The van der Waals surface area contributed by atoms with Crippen molar-refractivity contribution in [2.24, 2.45) is 5.92 Å². The van der Waals surface area contributed by atoms with Crippen LogP contribution in [-0.4, -0.2) is 71.8 Å². The van der Waals surface area contributed by atoms with Crippen LogP contribution in [0.5, 0.6) is 11.6 Å². The van der Waals surface area contributed by atoms with E-state index in [1.165, 1.54) is 11.1 Å². The van der Waals surface area contributed by atoms with Crippen LogP contribution in [0.3, 0.4) is 0 Å². The number of benzene rings is 2. The second kappa shape index (κ2) is 11.8. The first-order valence-electron chi connectivity index (χ1n) is 12.8. The minimum Gasteiger partial charge on any atom is -0.497 e. The van der Waals surface area contributed by atoms with E-state index in [-0.39, 0.29) is 30.6 Å². The quantitative estimate of drug-likeness (QED) is 0.491. The molecule has 7 nitrogen and oxygen atoms in total. The van der Waals surface area contributed by atoms with E-state index >= 15 is 0 Å². The number of aromatic nitrogens is 1. The third-order valence-electron chi connectivity index (χ3n) is 6.97. The van der Waals surface area contributed by atoms with Gasteiger partial charge in [-0.05, 0) is 50.2 Å². The van der Waals surface area contributed by atoms with Crippen LogP contribution in [0.15, 0.2) is 60.8 Å². The average Bonchev–Trinajstić information content (AvgIpc) is 2.90. The molecule has 2 aromatic carbocycles. The van der Waals surface area contributed by atoms with E-state index in [1.807, 2.05) is 37.3 Å². The van der Waals surface area contributed by atoms with Crippen molar-refractivity contribution in [1.29, 1.82) is 0 Å². The number of hydrogen-bond donors (Lipinski definition) is 1. The molecule has 0 bridgehead atoms. The van der Waals surface area contributed by atoms with Crippen LogP contribution in [0.25, 0.3) is 11.1 Å². The number of aryl methyl sites for hydroxylation is 1. The fourth-order valence-electron chi connectivity index (χ4n) is 4.76. The number of ether oxygens (including phenoxy) is 2. The van der Waals surface area contributed by atoms with Gasteiger partial charge in [0.2, 0.25) is 5.88 Å². The van der Waals surface area contributed by atoms with E-state index in [1.54, 1.807) is 18.2 Å². The fraction of sp³-hybridized carbons (Fsp3) is 0.400. The molecular formula is C30H37N3O4. The lowest BCUT2D eigenvalue weighted by atomic mass is 9.99. The maximum atomic E-state index is 13.7. The summed E-state index contributed by atoms with van der Waals surface area (Å²) in [6.07, 6.45) is 1.56. The number of rotatable bonds is 8. The van der Waals surface area contributed by atoms with Gasteiger partial charge >= 0.3 is 0 Å². The Bertz CT molecular complexity index is 1210. The Morgan fingerprint density at radius 1 is 1.19 bits per heavy atom. The first-order valence-corrected chi connectivity index (χ1v) is 12.8. The van der Waals surface area contributed by atoms with Crippen molar-refractivity contribution in [1.82, 2.24) is 14.8 Å². The monoisotopic (exact) mass is 503 g/mol. The van der Waals surface area contributed by atoms with Crippen LogP contribution in [0.1, 0.15) is 35.3 Å². The molecule has 0 aliphatic carbocycles. The lowest BCUT2D eigenvalue weighted by molar-refractivity contribution is 0.0325. The van der Waals surface area contributed by atoms with E-state index in [0.717, 1.165) is 23.4 Å². The van der Waals surface area contributed by atoms with Gasteiger partial charge in [-0.3, -0.25) is 9.69 Å². The van der Waals surface area contributed by atoms with Gasteiger partial charge < -0.3 is 19.5 Å². The molecule has 7 heteroatoms. The largest absolute Gasteiger partial charge is 0.497 e. The number of aliphatic hydroxyl groups excluding tert-OH is 1. The molecule has 0 radical (unpaired) electrons. The SMILES string of the molecule is COc1ccc(-c2cnc3c(c2)C(=O)N([C@H](C)CO)C[C@H](C)[C@H](CN(C)Cc2cccc(C)c2)O3)cc1. The number of methoxy groups -OCH3 is 1. The van der Waals surface area contributed by atoms with Gasteiger partial charge in [0.15, 0.2) is 0 Å². The van der Waals surface area contributed by atoms with Gasteiger partial charge in [0.05, 0.1) is 19.8 Å². The zero-order chi connectivity index (χ0) is 26.5. The summed E-state index contributed by atoms with van der Waals surface area (Å²) >= 11 is 0. The maximum absolute atomic E-state index is 13.7. The number of nitrogens with zero attached hydrogens (tertiary/aromatic N) is 3.